The Labute approximate surface area is 102 Å². The van der Waals surface area contributed by atoms with E-state index in [-0.39, 0.29) is 12.6 Å². The number of hydrogen-bond acceptors (Lipinski definition) is 2. The summed E-state index contributed by atoms with van der Waals surface area (Å²) < 4.78 is 4.67. The lowest BCUT2D eigenvalue weighted by Gasteiger charge is -1.91. The van der Waals surface area contributed by atoms with E-state index >= 15 is 0 Å². The van der Waals surface area contributed by atoms with Crippen LogP contribution >= 0.6 is 0 Å². The maximum absolute atomic E-state index is 10.4. The van der Waals surface area contributed by atoms with Crippen LogP contribution in [0, 0.1) is 23.7 Å². The fourth-order valence-corrected chi connectivity index (χ4v) is 0.674. The quantitative estimate of drug-likeness (QED) is 0.418. The van der Waals surface area contributed by atoms with Gasteiger partial charge in [-0.1, -0.05) is 42.7 Å². The summed E-state index contributed by atoms with van der Waals surface area (Å²) in [6.45, 7) is 5.14. The zero-order valence-corrected chi connectivity index (χ0v) is 9.77. The van der Waals surface area contributed by atoms with E-state index < -0.39 is 0 Å². The minimum atomic E-state index is -0.305. The smallest absolute Gasteiger partial charge is 0.302 e. The molecule has 0 radical (unpaired) electrons. The largest absolute Gasteiger partial charge is 0.462 e. The van der Waals surface area contributed by atoms with E-state index in [2.05, 4.69) is 35.0 Å². The first-order valence-electron chi connectivity index (χ1n) is 5.01. The first-order valence-corrected chi connectivity index (χ1v) is 5.01. The van der Waals surface area contributed by atoms with Crippen molar-refractivity contribution in [2.75, 3.05) is 6.61 Å². The number of rotatable bonds is 4. The Morgan fingerprint density at radius 2 is 1.88 bits per heavy atom. The van der Waals surface area contributed by atoms with Gasteiger partial charge in [0.15, 0.2) is 0 Å². The summed E-state index contributed by atoms with van der Waals surface area (Å²) >= 11 is 0. The number of carbonyl (C=O) groups excluding carboxylic acids is 1. The number of ether oxygens (including phenoxy) is 1. The second kappa shape index (κ2) is 11.6. The van der Waals surface area contributed by atoms with Crippen LogP contribution in [0.1, 0.15) is 6.92 Å². The van der Waals surface area contributed by atoms with E-state index in [9.17, 15) is 4.79 Å². The van der Waals surface area contributed by atoms with Crippen molar-refractivity contribution in [2.24, 2.45) is 0 Å². The third-order valence-electron chi connectivity index (χ3n) is 1.33. The van der Waals surface area contributed by atoms with E-state index in [4.69, 9.17) is 0 Å². The van der Waals surface area contributed by atoms with Crippen molar-refractivity contribution in [2.45, 2.75) is 6.92 Å². The molecule has 0 saturated carbocycles. The average Bonchev–Trinajstić information content (AvgIpc) is 2.30. The van der Waals surface area contributed by atoms with Crippen LogP contribution in [-0.2, 0) is 9.53 Å². The second-order valence-corrected chi connectivity index (χ2v) is 2.72. The molecule has 0 aliphatic heterocycles. The Morgan fingerprint density at radius 1 is 1.18 bits per heavy atom. The highest BCUT2D eigenvalue weighted by atomic mass is 16.5. The van der Waals surface area contributed by atoms with Crippen molar-refractivity contribution in [1.29, 1.82) is 0 Å². The highest BCUT2D eigenvalue weighted by Crippen LogP contribution is 1.78. The van der Waals surface area contributed by atoms with Crippen molar-refractivity contribution in [3.8, 4) is 23.7 Å². The number of allylic oxidation sites excluding steroid dienone is 6. The summed E-state index contributed by atoms with van der Waals surface area (Å²) in [5.41, 5.74) is 0. The number of carbonyl (C=O) groups is 1. The summed E-state index contributed by atoms with van der Waals surface area (Å²) in [6.07, 6.45) is 12.1. The van der Waals surface area contributed by atoms with E-state index in [0.717, 1.165) is 0 Å². The molecular weight excluding hydrogens is 212 g/mol. The Morgan fingerprint density at radius 3 is 2.53 bits per heavy atom. The number of esters is 1. The maximum atomic E-state index is 10.4. The first-order chi connectivity index (χ1) is 8.27. The molecule has 0 fully saturated rings. The van der Waals surface area contributed by atoms with Gasteiger partial charge in [-0.05, 0) is 30.1 Å². The number of hydrogen-bond donors (Lipinski definition) is 0. The van der Waals surface area contributed by atoms with Crippen molar-refractivity contribution in [3.63, 3.8) is 0 Å². The standard InChI is InChI=1S/C15H14O2/c1-3-4-5-6-7-8-9-10-11-12-13-14-17-15(2)16/h3-7,12-13H,1,14H2,2H3/b5-4+,7-6+,13-12+. The van der Waals surface area contributed by atoms with Gasteiger partial charge < -0.3 is 4.74 Å². The molecule has 0 spiro atoms. The molecule has 0 atom stereocenters. The van der Waals surface area contributed by atoms with Gasteiger partial charge in [-0.2, -0.15) is 0 Å². The van der Waals surface area contributed by atoms with Crippen LogP contribution < -0.4 is 0 Å². The molecule has 0 aliphatic carbocycles. The van der Waals surface area contributed by atoms with E-state index in [1.165, 1.54) is 6.92 Å². The van der Waals surface area contributed by atoms with Crippen LogP contribution in [0.4, 0.5) is 0 Å². The van der Waals surface area contributed by atoms with Gasteiger partial charge >= 0.3 is 5.97 Å². The van der Waals surface area contributed by atoms with Gasteiger partial charge in [-0.25, -0.2) is 0 Å². The Hall–Kier alpha value is -2.45. The maximum Gasteiger partial charge on any atom is 0.302 e. The van der Waals surface area contributed by atoms with Crippen LogP contribution in [0.25, 0.3) is 0 Å². The zero-order valence-electron chi connectivity index (χ0n) is 9.77. The van der Waals surface area contributed by atoms with Gasteiger partial charge in [-0.15, -0.1) is 0 Å². The summed E-state index contributed by atoms with van der Waals surface area (Å²) in [7, 11) is 0. The van der Waals surface area contributed by atoms with Crippen molar-refractivity contribution >= 4 is 5.97 Å². The van der Waals surface area contributed by atoms with Gasteiger partial charge in [-0.3, -0.25) is 4.79 Å². The first kappa shape index (κ1) is 14.6. The highest BCUT2D eigenvalue weighted by Gasteiger charge is 1.84. The topological polar surface area (TPSA) is 26.3 Å². The fourth-order valence-electron chi connectivity index (χ4n) is 0.674. The molecule has 86 valence electrons. The second-order valence-electron chi connectivity index (χ2n) is 2.72. The van der Waals surface area contributed by atoms with E-state index in [0.29, 0.717) is 0 Å². The molecule has 0 aromatic heterocycles. The normalized spacial score (nSPS) is 9.71. The Kier molecular flexibility index (Phi) is 9.95. The molecule has 17 heavy (non-hydrogen) atoms. The van der Waals surface area contributed by atoms with Gasteiger partial charge in [0.25, 0.3) is 0 Å². The average molecular weight is 226 g/mol. The van der Waals surface area contributed by atoms with Crippen LogP contribution in [-0.4, -0.2) is 12.6 Å². The summed E-state index contributed by atoms with van der Waals surface area (Å²) in [5, 5.41) is 0. The van der Waals surface area contributed by atoms with Gasteiger partial charge in [0, 0.05) is 6.92 Å². The van der Waals surface area contributed by atoms with Crippen LogP contribution in [0.15, 0.2) is 49.1 Å². The van der Waals surface area contributed by atoms with E-state index in [1.54, 1.807) is 30.4 Å². The summed E-state index contributed by atoms with van der Waals surface area (Å²) in [4.78, 5) is 10.4. The lowest BCUT2D eigenvalue weighted by Crippen LogP contribution is -1.96. The third kappa shape index (κ3) is 13.6. The van der Waals surface area contributed by atoms with Crippen LogP contribution in [0.2, 0.25) is 0 Å². The predicted octanol–water partition coefficient (Wildman–Crippen LogP) is 2.41. The molecule has 0 bridgehead atoms. The molecule has 0 N–H and O–H groups in total. The molecule has 0 saturated heterocycles. The molecular formula is C15H14O2. The Balaban J connectivity index is 3.84. The molecule has 2 nitrogen and oxygen atoms in total. The van der Waals surface area contributed by atoms with Crippen LogP contribution in [0.3, 0.4) is 0 Å². The minimum Gasteiger partial charge on any atom is -0.462 e. The zero-order chi connectivity index (χ0) is 12.8. The SMILES string of the molecule is C=C/C=C/C=C/C#CC#C/C=C/COC(C)=O. The molecule has 2 heteroatoms. The molecule has 0 unspecified atom stereocenters. The van der Waals surface area contributed by atoms with Crippen molar-refractivity contribution in [3.05, 3.63) is 49.1 Å². The lowest BCUT2D eigenvalue weighted by atomic mass is 10.4. The van der Waals surface area contributed by atoms with Gasteiger partial charge in [0.05, 0.1) is 0 Å². The molecule has 0 amide bonds. The lowest BCUT2D eigenvalue weighted by molar-refractivity contribution is -0.139. The summed E-state index contributed by atoms with van der Waals surface area (Å²) in [6, 6.07) is 0. The van der Waals surface area contributed by atoms with Crippen molar-refractivity contribution < 1.29 is 9.53 Å². The highest BCUT2D eigenvalue weighted by molar-refractivity contribution is 5.66. The van der Waals surface area contributed by atoms with Gasteiger partial charge in [0.1, 0.15) is 6.61 Å². The minimum absolute atomic E-state index is 0.240. The van der Waals surface area contributed by atoms with Crippen LogP contribution in [0.5, 0.6) is 0 Å². The monoisotopic (exact) mass is 226 g/mol. The molecule has 0 aromatic carbocycles. The van der Waals surface area contributed by atoms with Gasteiger partial charge in [0.2, 0.25) is 0 Å². The van der Waals surface area contributed by atoms with Crippen molar-refractivity contribution in [1.82, 2.24) is 0 Å². The third-order valence-corrected chi connectivity index (χ3v) is 1.33. The predicted molar refractivity (Wildman–Crippen MR) is 69.8 cm³/mol. The fraction of sp³-hybridized carbons (Fsp3) is 0.133. The Bertz CT molecular complexity index is 443. The molecule has 0 aromatic rings. The molecule has 0 aliphatic rings. The van der Waals surface area contributed by atoms with E-state index in [1.807, 2.05) is 12.2 Å². The summed E-state index contributed by atoms with van der Waals surface area (Å²) in [5.74, 6) is 10.4. The molecule has 0 rings (SSSR count). The molecule has 0 heterocycles.